The fraction of sp³-hybridized carbons (Fsp3) is 0.381. The van der Waals surface area contributed by atoms with E-state index in [0.29, 0.717) is 31.6 Å². The summed E-state index contributed by atoms with van der Waals surface area (Å²) in [6.45, 7) is 9.23. The molecule has 0 aliphatic carbocycles. The number of aryl methyl sites for hydroxylation is 3. The maximum atomic E-state index is 12.8. The number of primary sulfonamides is 1. The molecule has 0 saturated heterocycles. The lowest BCUT2D eigenvalue weighted by molar-refractivity contribution is -0.118. The molecule has 3 rings (SSSR count). The normalized spacial score (nSPS) is 14.2. The van der Waals surface area contributed by atoms with Gasteiger partial charge in [0, 0.05) is 25.2 Å². The average molecular weight is 402 g/mol. The number of benzene rings is 2. The molecule has 2 aromatic carbocycles. The third kappa shape index (κ3) is 3.64. The number of amides is 1. The molecule has 0 aromatic heterocycles. The summed E-state index contributed by atoms with van der Waals surface area (Å²) in [5.41, 5.74) is 5.13. The molecule has 28 heavy (non-hydrogen) atoms. The van der Waals surface area contributed by atoms with Gasteiger partial charge in [-0.3, -0.25) is 9.69 Å². The van der Waals surface area contributed by atoms with Crippen LogP contribution in [0, 0.1) is 13.8 Å². The highest BCUT2D eigenvalue weighted by molar-refractivity contribution is 7.89. The van der Waals surface area contributed by atoms with Gasteiger partial charge in [-0.15, -0.1) is 0 Å². The Kier molecular flexibility index (Phi) is 5.50. The summed E-state index contributed by atoms with van der Waals surface area (Å²) in [6.07, 6.45) is 0.825. The Labute approximate surface area is 167 Å². The van der Waals surface area contributed by atoms with Crippen molar-refractivity contribution in [2.45, 2.75) is 45.4 Å². The largest absolute Gasteiger partial charge is 0.371 e. The van der Waals surface area contributed by atoms with E-state index in [1.165, 1.54) is 0 Å². The van der Waals surface area contributed by atoms with Crippen molar-refractivity contribution >= 4 is 33.0 Å². The second-order valence-corrected chi connectivity index (χ2v) is 8.69. The van der Waals surface area contributed by atoms with Crippen LogP contribution in [-0.2, 0) is 21.2 Å². The fourth-order valence-corrected chi connectivity index (χ4v) is 4.47. The molecule has 6 nitrogen and oxygen atoms in total. The maximum Gasteiger partial charge on any atom is 0.240 e. The van der Waals surface area contributed by atoms with E-state index in [-0.39, 0.29) is 10.8 Å². The molecule has 0 bridgehead atoms. The smallest absolute Gasteiger partial charge is 0.240 e. The highest BCUT2D eigenvalue weighted by Crippen LogP contribution is 2.40. The van der Waals surface area contributed by atoms with Gasteiger partial charge in [0.05, 0.1) is 11.4 Å². The van der Waals surface area contributed by atoms with Crippen molar-refractivity contribution in [1.82, 2.24) is 0 Å². The number of rotatable bonds is 5. The van der Waals surface area contributed by atoms with Crippen LogP contribution in [0.5, 0.6) is 0 Å². The first-order valence-electron chi connectivity index (χ1n) is 9.52. The lowest BCUT2D eigenvalue weighted by Crippen LogP contribution is -2.32. The molecule has 2 aromatic rings. The standard InChI is InChI=1S/C21H27N3O3S/c1-5-23(6-2)19-13-18-16(12-20(19)28(22,26)27)8-10-21(25)24(18)17-9-7-14(3)15(4)11-17/h7,9,11-13H,5-6,8,10H2,1-4H3,(H2,22,26,27). The lowest BCUT2D eigenvalue weighted by atomic mass is 9.98. The highest BCUT2D eigenvalue weighted by Gasteiger charge is 2.30. The molecule has 0 fully saturated rings. The van der Waals surface area contributed by atoms with Crippen LogP contribution < -0.4 is 14.9 Å². The van der Waals surface area contributed by atoms with Gasteiger partial charge in [0.1, 0.15) is 4.90 Å². The molecule has 0 unspecified atom stereocenters. The Morgan fingerprint density at radius 1 is 1.04 bits per heavy atom. The summed E-state index contributed by atoms with van der Waals surface area (Å²) < 4.78 is 24.5. The molecule has 1 amide bonds. The SMILES string of the molecule is CCN(CC)c1cc2c(cc1S(N)(=O)=O)CCC(=O)N2c1ccc(C)c(C)c1. The van der Waals surface area contributed by atoms with E-state index in [4.69, 9.17) is 5.14 Å². The van der Waals surface area contributed by atoms with E-state index >= 15 is 0 Å². The van der Waals surface area contributed by atoms with E-state index in [1.54, 1.807) is 17.0 Å². The van der Waals surface area contributed by atoms with Crippen molar-refractivity contribution in [3.05, 3.63) is 47.0 Å². The summed E-state index contributed by atoms with van der Waals surface area (Å²) in [5, 5.41) is 5.51. The van der Waals surface area contributed by atoms with Crippen LogP contribution in [0.25, 0.3) is 0 Å². The topological polar surface area (TPSA) is 83.7 Å². The van der Waals surface area contributed by atoms with Crippen LogP contribution >= 0.6 is 0 Å². The van der Waals surface area contributed by atoms with E-state index in [0.717, 1.165) is 28.1 Å². The average Bonchev–Trinajstić information content (AvgIpc) is 2.64. The summed E-state index contributed by atoms with van der Waals surface area (Å²) in [4.78, 5) is 16.6. The van der Waals surface area contributed by atoms with Crippen molar-refractivity contribution in [2.75, 3.05) is 22.9 Å². The van der Waals surface area contributed by atoms with E-state index in [2.05, 4.69) is 0 Å². The van der Waals surface area contributed by atoms with Gasteiger partial charge in [-0.25, -0.2) is 13.6 Å². The van der Waals surface area contributed by atoms with Crippen LogP contribution in [-0.4, -0.2) is 27.4 Å². The van der Waals surface area contributed by atoms with Gasteiger partial charge in [-0.1, -0.05) is 6.07 Å². The van der Waals surface area contributed by atoms with Crippen molar-refractivity contribution in [2.24, 2.45) is 5.14 Å². The first kappa shape index (κ1) is 20.4. The van der Waals surface area contributed by atoms with Crippen LogP contribution in [0.3, 0.4) is 0 Å². The van der Waals surface area contributed by atoms with Crippen molar-refractivity contribution in [3.63, 3.8) is 0 Å². The van der Waals surface area contributed by atoms with Gasteiger partial charge in [-0.05, 0) is 75.1 Å². The second kappa shape index (κ2) is 7.56. The molecular weight excluding hydrogens is 374 g/mol. The number of anilines is 3. The van der Waals surface area contributed by atoms with Crippen molar-refractivity contribution in [3.8, 4) is 0 Å². The van der Waals surface area contributed by atoms with Crippen molar-refractivity contribution in [1.29, 1.82) is 0 Å². The Balaban J connectivity index is 2.26. The van der Waals surface area contributed by atoms with Gasteiger partial charge >= 0.3 is 0 Å². The van der Waals surface area contributed by atoms with Gasteiger partial charge in [0.15, 0.2) is 0 Å². The molecule has 1 heterocycles. The number of fused-ring (bicyclic) bond motifs is 1. The Morgan fingerprint density at radius 2 is 1.71 bits per heavy atom. The molecule has 1 aliphatic heterocycles. The van der Waals surface area contributed by atoms with E-state index in [1.807, 2.05) is 50.8 Å². The number of nitrogens with two attached hydrogens (primary N) is 1. The monoisotopic (exact) mass is 401 g/mol. The zero-order valence-electron chi connectivity index (χ0n) is 16.8. The molecule has 2 N–H and O–H groups in total. The van der Waals surface area contributed by atoms with Crippen LogP contribution in [0.15, 0.2) is 35.2 Å². The minimum absolute atomic E-state index is 0.00426. The molecule has 0 saturated carbocycles. The summed E-state index contributed by atoms with van der Waals surface area (Å²) in [6, 6.07) is 9.36. The lowest BCUT2D eigenvalue weighted by Gasteiger charge is -2.33. The predicted molar refractivity (Wildman–Crippen MR) is 113 cm³/mol. The first-order valence-corrected chi connectivity index (χ1v) is 11.1. The number of carbonyl (C=O) groups excluding carboxylic acids is 1. The molecular formula is C21H27N3O3S. The second-order valence-electron chi connectivity index (χ2n) is 7.16. The third-order valence-corrected chi connectivity index (χ3v) is 6.36. The summed E-state index contributed by atoms with van der Waals surface area (Å²) >= 11 is 0. The number of nitrogens with zero attached hydrogens (tertiary/aromatic N) is 2. The highest BCUT2D eigenvalue weighted by atomic mass is 32.2. The molecule has 150 valence electrons. The Morgan fingerprint density at radius 3 is 2.29 bits per heavy atom. The Bertz CT molecular complexity index is 1030. The molecule has 0 atom stereocenters. The molecule has 7 heteroatoms. The van der Waals surface area contributed by atoms with Crippen LogP contribution in [0.1, 0.15) is 37.0 Å². The zero-order chi connectivity index (χ0) is 20.6. The third-order valence-electron chi connectivity index (χ3n) is 5.42. The Hall–Kier alpha value is -2.38. The van der Waals surface area contributed by atoms with Crippen LogP contribution in [0.4, 0.5) is 17.1 Å². The quantitative estimate of drug-likeness (QED) is 0.832. The number of sulfonamides is 1. The van der Waals surface area contributed by atoms with Crippen LogP contribution in [0.2, 0.25) is 0 Å². The number of carbonyl (C=O) groups is 1. The number of hydrogen-bond acceptors (Lipinski definition) is 4. The van der Waals surface area contributed by atoms with E-state index in [9.17, 15) is 13.2 Å². The van der Waals surface area contributed by atoms with Gasteiger partial charge in [-0.2, -0.15) is 0 Å². The fourth-order valence-electron chi connectivity index (χ4n) is 3.68. The minimum Gasteiger partial charge on any atom is -0.371 e. The molecule has 0 radical (unpaired) electrons. The van der Waals surface area contributed by atoms with Crippen molar-refractivity contribution < 1.29 is 13.2 Å². The molecule has 1 aliphatic rings. The zero-order valence-corrected chi connectivity index (χ0v) is 17.6. The minimum atomic E-state index is -3.89. The van der Waals surface area contributed by atoms with Gasteiger partial charge in [0.2, 0.25) is 15.9 Å². The van der Waals surface area contributed by atoms with Gasteiger partial charge in [0.25, 0.3) is 0 Å². The summed E-state index contributed by atoms with van der Waals surface area (Å²) in [5.74, 6) is 0.00426. The number of hydrogen-bond donors (Lipinski definition) is 1. The summed E-state index contributed by atoms with van der Waals surface area (Å²) in [7, 11) is -3.89. The maximum absolute atomic E-state index is 12.8. The first-order chi connectivity index (χ1) is 13.2. The van der Waals surface area contributed by atoms with E-state index < -0.39 is 10.0 Å². The molecule has 0 spiro atoms. The predicted octanol–water partition coefficient (Wildman–Crippen LogP) is 3.41. The van der Waals surface area contributed by atoms with Gasteiger partial charge < -0.3 is 4.90 Å².